The van der Waals surface area contributed by atoms with Gasteiger partial charge < -0.3 is 20.1 Å². The molecule has 2 atom stereocenters. The van der Waals surface area contributed by atoms with Gasteiger partial charge in [-0.1, -0.05) is 12.1 Å². The van der Waals surface area contributed by atoms with E-state index in [9.17, 15) is 5.11 Å². The molecule has 0 heterocycles. The van der Waals surface area contributed by atoms with E-state index in [1.807, 2.05) is 31.1 Å². The van der Waals surface area contributed by atoms with Crippen molar-refractivity contribution < 1.29 is 9.84 Å². The Hall–Kier alpha value is -1.10. The molecule has 4 nitrogen and oxygen atoms in total. The maximum Gasteiger partial charge on any atom is 0.118 e. The monoisotopic (exact) mass is 278 g/mol. The maximum atomic E-state index is 9.98. The van der Waals surface area contributed by atoms with Crippen LogP contribution in [0.3, 0.4) is 0 Å². The van der Waals surface area contributed by atoms with Crippen LogP contribution in [-0.2, 0) is 0 Å². The predicted molar refractivity (Wildman–Crippen MR) is 81.0 cm³/mol. The van der Waals surface area contributed by atoms with Crippen LogP contribution < -0.4 is 10.1 Å². The molecule has 2 rings (SSSR count). The van der Waals surface area contributed by atoms with Crippen molar-refractivity contribution >= 4 is 0 Å². The highest BCUT2D eigenvalue weighted by atomic mass is 16.5. The summed E-state index contributed by atoms with van der Waals surface area (Å²) in [7, 11) is 5.64. The van der Waals surface area contributed by atoms with Gasteiger partial charge in [-0.3, -0.25) is 0 Å². The van der Waals surface area contributed by atoms with E-state index in [-0.39, 0.29) is 6.10 Å². The van der Waals surface area contributed by atoms with Crippen molar-refractivity contribution in [2.24, 2.45) is 5.92 Å². The number of ether oxygens (including phenoxy) is 1. The fraction of sp³-hybridized carbons (Fsp3) is 0.625. The third kappa shape index (κ3) is 4.47. The Morgan fingerprint density at radius 3 is 2.45 bits per heavy atom. The molecule has 2 N–H and O–H groups in total. The molecule has 0 aliphatic heterocycles. The van der Waals surface area contributed by atoms with Crippen LogP contribution in [0.25, 0.3) is 0 Å². The summed E-state index contributed by atoms with van der Waals surface area (Å²) in [5.74, 6) is 1.59. The fourth-order valence-corrected chi connectivity index (χ4v) is 2.55. The Bertz CT molecular complexity index is 401. The number of rotatable bonds is 8. The van der Waals surface area contributed by atoms with E-state index < -0.39 is 0 Å². The molecule has 0 aromatic heterocycles. The first-order chi connectivity index (χ1) is 9.60. The maximum absolute atomic E-state index is 9.98. The number of aliphatic hydroxyl groups is 1. The number of aliphatic hydroxyl groups excluding tert-OH is 1. The minimum absolute atomic E-state index is 0.329. The van der Waals surface area contributed by atoms with E-state index in [1.54, 1.807) is 7.11 Å². The summed E-state index contributed by atoms with van der Waals surface area (Å²) < 4.78 is 5.20. The van der Waals surface area contributed by atoms with Gasteiger partial charge in [0.05, 0.1) is 13.2 Å². The summed E-state index contributed by atoms with van der Waals surface area (Å²) in [6, 6.07) is 8.59. The van der Waals surface area contributed by atoms with Crippen molar-refractivity contribution in [1.29, 1.82) is 0 Å². The summed E-state index contributed by atoms with van der Waals surface area (Å²) in [4.78, 5) is 2.01. The number of methoxy groups -OCH3 is 1. The highest BCUT2D eigenvalue weighted by Gasteiger charge is 2.32. The normalized spacial score (nSPS) is 18.1. The van der Waals surface area contributed by atoms with Crippen LogP contribution in [0.4, 0.5) is 0 Å². The lowest BCUT2D eigenvalue weighted by atomic mass is 10.0. The average molecular weight is 278 g/mol. The lowest BCUT2D eigenvalue weighted by Crippen LogP contribution is -2.37. The lowest BCUT2D eigenvalue weighted by molar-refractivity contribution is 0.130. The van der Waals surface area contributed by atoms with Gasteiger partial charge in [-0.25, -0.2) is 0 Å². The second kappa shape index (κ2) is 7.07. The van der Waals surface area contributed by atoms with E-state index in [0.717, 1.165) is 5.75 Å². The molecule has 1 aromatic rings. The van der Waals surface area contributed by atoms with Crippen LogP contribution in [0.2, 0.25) is 0 Å². The molecule has 0 spiro atoms. The minimum atomic E-state index is -0.329. The summed E-state index contributed by atoms with van der Waals surface area (Å²) >= 11 is 0. The highest BCUT2D eigenvalue weighted by Crippen LogP contribution is 2.41. The van der Waals surface area contributed by atoms with Crippen molar-refractivity contribution in [2.45, 2.75) is 25.0 Å². The van der Waals surface area contributed by atoms with Crippen LogP contribution in [0.15, 0.2) is 24.3 Å². The molecule has 0 amide bonds. The topological polar surface area (TPSA) is 44.7 Å². The zero-order chi connectivity index (χ0) is 14.5. The van der Waals surface area contributed by atoms with Crippen molar-refractivity contribution in [3.05, 3.63) is 29.8 Å². The molecule has 2 unspecified atom stereocenters. The lowest BCUT2D eigenvalue weighted by Gasteiger charge is -2.22. The zero-order valence-corrected chi connectivity index (χ0v) is 12.7. The van der Waals surface area contributed by atoms with E-state index in [4.69, 9.17) is 4.74 Å². The average Bonchev–Trinajstić information content (AvgIpc) is 3.23. The van der Waals surface area contributed by atoms with Crippen molar-refractivity contribution in [3.8, 4) is 5.75 Å². The molecular formula is C16H26N2O2. The third-order valence-corrected chi connectivity index (χ3v) is 3.72. The van der Waals surface area contributed by atoms with Crippen molar-refractivity contribution in [1.82, 2.24) is 10.2 Å². The van der Waals surface area contributed by atoms with Crippen LogP contribution in [-0.4, -0.2) is 50.4 Å². The van der Waals surface area contributed by atoms with Gasteiger partial charge in [0.25, 0.3) is 0 Å². The molecule has 1 aromatic carbocycles. The second-order valence-electron chi connectivity index (χ2n) is 5.91. The van der Waals surface area contributed by atoms with Crippen molar-refractivity contribution in [2.75, 3.05) is 34.3 Å². The second-order valence-corrected chi connectivity index (χ2v) is 5.91. The molecule has 0 saturated heterocycles. The third-order valence-electron chi connectivity index (χ3n) is 3.72. The number of nitrogens with one attached hydrogen (secondary N) is 1. The smallest absolute Gasteiger partial charge is 0.118 e. The number of hydrogen-bond donors (Lipinski definition) is 2. The number of hydrogen-bond acceptors (Lipinski definition) is 4. The van der Waals surface area contributed by atoms with Gasteiger partial charge in [-0.05, 0) is 50.6 Å². The molecule has 4 heteroatoms. The highest BCUT2D eigenvalue weighted by molar-refractivity contribution is 5.30. The molecule has 1 aliphatic carbocycles. The van der Waals surface area contributed by atoms with Gasteiger partial charge in [-0.15, -0.1) is 0 Å². The molecule has 112 valence electrons. The van der Waals surface area contributed by atoms with Gasteiger partial charge in [0.2, 0.25) is 0 Å². The summed E-state index contributed by atoms with van der Waals surface area (Å²) in [6.07, 6.45) is 2.21. The standard InChI is InChI=1S/C16H26N2O2/c1-18(2)11-14(19)10-17-16(12-4-5-12)13-6-8-15(20-3)9-7-13/h6-9,12,14,16-17,19H,4-5,10-11H2,1-3H3. The van der Waals surface area contributed by atoms with Gasteiger partial charge in [-0.2, -0.15) is 0 Å². The van der Waals surface area contributed by atoms with Gasteiger partial charge in [0, 0.05) is 19.1 Å². The quantitative estimate of drug-likeness (QED) is 0.759. The van der Waals surface area contributed by atoms with Gasteiger partial charge in [0.15, 0.2) is 0 Å². The zero-order valence-electron chi connectivity index (χ0n) is 12.7. The summed E-state index contributed by atoms with van der Waals surface area (Å²) in [6.45, 7) is 1.32. The van der Waals surface area contributed by atoms with E-state index in [1.165, 1.54) is 18.4 Å². The summed E-state index contributed by atoms with van der Waals surface area (Å²) in [5, 5.41) is 13.5. The van der Waals surface area contributed by atoms with E-state index in [0.29, 0.717) is 25.0 Å². The molecular weight excluding hydrogens is 252 g/mol. The molecule has 1 saturated carbocycles. The predicted octanol–water partition coefficient (Wildman–Crippen LogP) is 1.66. The van der Waals surface area contributed by atoms with Gasteiger partial charge >= 0.3 is 0 Å². The van der Waals surface area contributed by atoms with Crippen LogP contribution in [0, 0.1) is 5.92 Å². The fourth-order valence-electron chi connectivity index (χ4n) is 2.55. The molecule has 1 aliphatic rings. The minimum Gasteiger partial charge on any atom is -0.497 e. The Morgan fingerprint density at radius 2 is 1.95 bits per heavy atom. The largest absolute Gasteiger partial charge is 0.497 e. The van der Waals surface area contributed by atoms with E-state index in [2.05, 4.69) is 17.4 Å². The first-order valence-corrected chi connectivity index (χ1v) is 7.30. The van der Waals surface area contributed by atoms with Gasteiger partial charge in [0.1, 0.15) is 5.75 Å². The molecule has 0 radical (unpaired) electrons. The van der Waals surface area contributed by atoms with Crippen LogP contribution in [0.1, 0.15) is 24.4 Å². The number of likely N-dealkylation sites (N-methyl/N-ethyl adjacent to an activating group) is 1. The van der Waals surface area contributed by atoms with E-state index >= 15 is 0 Å². The Labute approximate surface area is 121 Å². The Balaban J connectivity index is 1.93. The molecule has 0 bridgehead atoms. The Kier molecular flexibility index (Phi) is 5.40. The first kappa shape index (κ1) is 15.3. The molecule has 20 heavy (non-hydrogen) atoms. The SMILES string of the molecule is COc1ccc(C(NCC(O)CN(C)C)C2CC2)cc1. The van der Waals surface area contributed by atoms with Crippen molar-refractivity contribution in [3.63, 3.8) is 0 Å². The Morgan fingerprint density at radius 1 is 1.30 bits per heavy atom. The summed E-state index contributed by atoms with van der Waals surface area (Å²) in [5.41, 5.74) is 1.28. The first-order valence-electron chi connectivity index (χ1n) is 7.30. The van der Waals surface area contributed by atoms with Crippen LogP contribution >= 0.6 is 0 Å². The van der Waals surface area contributed by atoms with Crippen LogP contribution in [0.5, 0.6) is 5.75 Å². The number of benzene rings is 1. The molecule has 1 fully saturated rings. The number of nitrogens with zero attached hydrogens (tertiary/aromatic N) is 1.